The number of rotatable bonds is 8. The van der Waals surface area contributed by atoms with Crippen LogP contribution in [0.3, 0.4) is 0 Å². The molecule has 1 fully saturated rings. The summed E-state index contributed by atoms with van der Waals surface area (Å²) in [5.41, 5.74) is 2.05. The highest BCUT2D eigenvalue weighted by molar-refractivity contribution is 7.92. The highest BCUT2D eigenvalue weighted by atomic mass is 32.2. The van der Waals surface area contributed by atoms with Crippen LogP contribution in [0.5, 0.6) is 0 Å². The van der Waals surface area contributed by atoms with Crippen molar-refractivity contribution in [3.8, 4) is 0 Å². The van der Waals surface area contributed by atoms with Crippen molar-refractivity contribution in [2.45, 2.75) is 65.2 Å². The predicted molar refractivity (Wildman–Crippen MR) is 103 cm³/mol. The molecule has 2 N–H and O–H groups in total. The largest absolute Gasteiger partial charge is 0.326 e. The summed E-state index contributed by atoms with van der Waals surface area (Å²) in [5.74, 6) is 0.859. The molecule has 140 valence electrons. The number of hydrogen-bond acceptors (Lipinski definition) is 3. The maximum Gasteiger partial charge on any atom is 0.232 e. The van der Waals surface area contributed by atoms with Gasteiger partial charge in [0.25, 0.3) is 0 Å². The molecule has 0 atom stereocenters. The van der Waals surface area contributed by atoms with Crippen molar-refractivity contribution in [1.82, 2.24) is 0 Å². The van der Waals surface area contributed by atoms with Crippen molar-refractivity contribution in [2.75, 3.05) is 15.8 Å². The molecule has 1 aliphatic rings. The fourth-order valence-electron chi connectivity index (χ4n) is 3.35. The Morgan fingerprint density at radius 3 is 2.56 bits per heavy atom. The van der Waals surface area contributed by atoms with Gasteiger partial charge in [0.2, 0.25) is 15.9 Å². The summed E-state index contributed by atoms with van der Waals surface area (Å²) < 4.78 is 25.8. The van der Waals surface area contributed by atoms with E-state index in [2.05, 4.69) is 10.0 Å². The van der Waals surface area contributed by atoms with Gasteiger partial charge in [0.15, 0.2) is 0 Å². The van der Waals surface area contributed by atoms with Gasteiger partial charge in [-0.3, -0.25) is 9.52 Å². The Balaban J connectivity index is 1.81. The van der Waals surface area contributed by atoms with Crippen LogP contribution in [0.25, 0.3) is 0 Å². The molecule has 1 aliphatic carbocycles. The van der Waals surface area contributed by atoms with E-state index in [9.17, 15) is 13.2 Å². The van der Waals surface area contributed by atoms with E-state index in [1.165, 1.54) is 32.1 Å². The van der Waals surface area contributed by atoms with Crippen LogP contribution < -0.4 is 10.0 Å². The predicted octanol–water partition coefficient (Wildman–Crippen LogP) is 4.45. The number of carbonyl (C=O) groups is 1. The van der Waals surface area contributed by atoms with E-state index in [1.807, 2.05) is 6.92 Å². The second-order valence-corrected chi connectivity index (χ2v) is 8.99. The van der Waals surface area contributed by atoms with Gasteiger partial charge in [-0.25, -0.2) is 8.42 Å². The molecule has 6 heteroatoms. The number of anilines is 2. The monoisotopic (exact) mass is 366 g/mol. The average Bonchev–Trinajstić information content (AvgIpc) is 2.58. The zero-order chi connectivity index (χ0) is 18.3. The molecular weight excluding hydrogens is 336 g/mol. The van der Waals surface area contributed by atoms with Gasteiger partial charge < -0.3 is 5.32 Å². The van der Waals surface area contributed by atoms with Crippen molar-refractivity contribution in [3.63, 3.8) is 0 Å². The minimum absolute atomic E-state index is 0.0251. The van der Waals surface area contributed by atoms with Gasteiger partial charge in [-0.2, -0.15) is 0 Å². The zero-order valence-electron chi connectivity index (χ0n) is 15.3. The van der Waals surface area contributed by atoms with Gasteiger partial charge in [0.05, 0.1) is 11.4 Å². The van der Waals surface area contributed by atoms with Crippen LogP contribution in [0.4, 0.5) is 11.4 Å². The van der Waals surface area contributed by atoms with E-state index < -0.39 is 10.0 Å². The lowest BCUT2D eigenvalue weighted by molar-refractivity contribution is -0.116. The number of nitrogens with one attached hydrogen (secondary N) is 2. The number of carbonyl (C=O) groups excluding carboxylic acids is 1. The van der Waals surface area contributed by atoms with Crippen LogP contribution in [0.15, 0.2) is 18.2 Å². The molecule has 0 saturated heterocycles. The molecule has 1 amide bonds. The second-order valence-electron chi connectivity index (χ2n) is 6.98. The molecule has 0 aliphatic heterocycles. The Morgan fingerprint density at radius 2 is 1.92 bits per heavy atom. The molecule has 0 radical (unpaired) electrons. The Hall–Kier alpha value is -1.56. The highest BCUT2D eigenvalue weighted by Gasteiger charge is 2.14. The van der Waals surface area contributed by atoms with Crippen LogP contribution in [0.1, 0.15) is 63.9 Å². The molecule has 0 aromatic heterocycles. The second kappa shape index (κ2) is 9.22. The van der Waals surface area contributed by atoms with Gasteiger partial charge in [-0.1, -0.05) is 32.1 Å². The first-order chi connectivity index (χ1) is 11.9. The van der Waals surface area contributed by atoms with E-state index >= 15 is 0 Å². The number of hydrogen-bond donors (Lipinski definition) is 2. The molecule has 1 aromatic rings. The molecule has 0 unspecified atom stereocenters. The Labute approximate surface area is 151 Å². The first-order valence-corrected chi connectivity index (χ1v) is 11.0. The summed E-state index contributed by atoms with van der Waals surface area (Å²) in [6.07, 6.45) is 9.29. The van der Waals surface area contributed by atoms with E-state index in [4.69, 9.17) is 0 Å². The first-order valence-electron chi connectivity index (χ1n) is 9.30. The van der Waals surface area contributed by atoms with E-state index in [1.54, 1.807) is 25.1 Å². The first kappa shape index (κ1) is 19.8. The van der Waals surface area contributed by atoms with Gasteiger partial charge in [-0.05, 0) is 56.4 Å². The maximum absolute atomic E-state index is 12.1. The molecule has 2 rings (SSSR count). The van der Waals surface area contributed by atoms with Crippen LogP contribution in [0, 0.1) is 12.8 Å². The smallest absolute Gasteiger partial charge is 0.232 e. The van der Waals surface area contributed by atoms with Gasteiger partial charge in [0.1, 0.15) is 0 Å². The van der Waals surface area contributed by atoms with Crippen LogP contribution in [0.2, 0.25) is 0 Å². The van der Waals surface area contributed by atoms with E-state index in [0.717, 1.165) is 24.3 Å². The van der Waals surface area contributed by atoms with Crippen molar-refractivity contribution in [2.24, 2.45) is 5.92 Å². The van der Waals surface area contributed by atoms with Crippen molar-refractivity contribution in [1.29, 1.82) is 0 Å². The molecule has 5 nitrogen and oxygen atoms in total. The molecule has 1 saturated carbocycles. The Kier molecular flexibility index (Phi) is 7.29. The fourth-order valence-corrected chi connectivity index (χ4v) is 4.05. The third kappa shape index (κ3) is 6.69. The fraction of sp³-hybridized carbons (Fsp3) is 0.632. The van der Waals surface area contributed by atoms with Gasteiger partial charge >= 0.3 is 0 Å². The number of aryl methyl sites for hydroxylation is 1. The maximum atomic E-state index is 12.1. The molecule has 25 heavy (non-hydrogen) atoms. The summed E-state index contributed by atoms with van der Waals surface area (Å²) in [6, 6.07) is 5.23. The summed E-state index contributed by atoms with van der Waals surface area (Å²) in [4.78, 5) is 12.1. The van der Waals surface area contributed by atoms with Crippen LogP contribution in [-0.2, 0) is 14.8 Å². The SMILES string of the molecule is CCS(=O)(=O)Nc1ccc(NC(=O)CCCC2CCCCC2)cc1C. The quantitative estimate of drug-likeness (QED) is 0.714. The third-order valence-corrected chi connectivity index (χ3v) is 6.19. The lowest BCUT2D eigenvalue weighted by Crippen LogP contribution is -2.16. The normalized spacial score (nSPS) is 15.8. The van der Waals surface area contributed by atoms with Crippen molar-refractivity contribution in [3.05, 3.63) is 23.8 Å². The Bertz CT molecular complexity index is 680. The van der Waals surface area contributed by atoms with E-state index in [0.29, 0.717) is 17.8 Å². The molecular formula is C19H30N2O3S. The minimum Gasteiger partial charge on any atom is -0.326 e. The zero-order valence-corrected chi connectivity index (χ0v) is 16.1. The number of amides is 1. The molecule has 0 heterocycles. The summed E-state index contributed by atoms with van der Waals surface area (Å²) >= 11 is 0. The number of benzene rings is 1. The Morgan fingerprint density at radius 1 is 1.20 bits per heavy atom. The van der Waals surface area contributed by atoms with Gasteiger partial charge in [0, 0.05) is 12.1 Å². The standard InChI is InChI=1S/C19H30N2O3S/c1-3-25(23,24)21-18-13-12-17(14-15(18)2)20-19(22)11-7-10-16-8-5-4-6-9-16/h12-14,16,21H,3-11H2,1-2H3,(H,20,22). The van der Waals surface area contributed by atoms with Crippen LogP contribution >= 0.6 is 0 Å². The molecule has 1 aromatic carbocycles. The van der Waals surface area contributed by atoms with Crippen molar-refractivity contribution >= 4 is 27.3 Å². The molecule has 0 spiro atoms. The van der Waals surface area contributed by atoms with Gasteiger partial charge in [-0.15, -0.1) is 0 Å². The highest BCUT2D eigenvalue weighted by Crippen LogP contribution is 2.28. The third-order valence-electron chi connectivity index (χ3n) is 4.90. The summed E-state index contributed by atoms with van der Waals surface area (Å²) in [6.45, 7) is 3.42. The topological polar surface area (TPSA) is 75.3 Å². The minimum atomic E-state index is -3.29. The summed E-state index contributed by atoms with van der Waals surface area (Å²) in [7, 11) is -3.29. The molecule has 0 bridgehead atoms. The van der Waals surface area contributed by atoms with E-state index in [-0.39, 0.29) is 11.7 Å². The average molecular weight is 367 g/mol. The number of sulfonamides is 1. The van der Waals surface area contributed by atoms with Crippen molar-refractivity contribution < 1.29 is 13.2 Å². The lowest BCUT2D eigenvalue weighted by Gasteiger charge is -2.21. The summed E-state index contributed by atoms with van der Waals surface area (Å²) in [5, 5.41) is 2.91. The lowest BCUT2D eigenvalue weighted by atomic mass is 9.86. The van der Waals surface area contributed by atoms with Crippen LogP contribution in [-0.4, -0.2) is 20.1 Å².